The molecule has 0 rings (SSSR count). The quantitative estimate of drug-likeness (QED) is 0.109. The van der Waals surface area contributed by atoms with E-state index in [1.807, 2.05) is 0 Å². The lowest BCUT2D eigenvalue weighted by molar-refractivity contribution is 0.380. The van der Waals surface area contributed by atoms with Gasteiger partial charge in [-0.1, -0.05) is 25.0 Å². The molecule has 0 heterocycles. The molecule has 0 saturated carbocycles. The Balaban J connectivity index is 4.63. The van der Waals surface area contributed by atoms with Crippen molar-refractivity contribution < 1.29 is 16.5 Å². The van der Waals surface area contributed by atoms with E-state index in [0.717, 1.165) is 18.5 Å². The number of hydrogen-bond donors (Lipinski definition) is 0. The highest BCUT2D eigenvalue weighted by Crippen LogP contribution is 2.27. The average molecular weight is 553 g/mol. The molecule has 0 atom stereocenters. The second-order valence-electron chi connectivity index (χ2n) is 13.4. The van der Waals surface area contributed by atoms with Crippen LogP contribution in [0.3, 0.4) is 0 Å². The van der Waals surface area contributed by atoms with Crippen LogP contribution in [0.5, 0.6) is 0 Å². The molecule has 0 aromatic rings. The Labute approximate surface area is 207 Å². The smallest absolute Gasteiger partial charge is 0.318 e. The maximum Gasteiger partial charge on any atom is 0.318 e. The van der Waals surface area contributed by atoms with Crippen molar-refractivity contribution in [2.24, 2.45) is 0 Å². The van der Waals surface area contributed by atoms with Crippen LogP contribution in [0.1, 0.15) is 25.7 Å². The summed E-state index contributed by atoms with van der Waals surface area (Å²) < 4.78 is 26.4. The van der Waals surface area contributed by atoms with Gasteiger partial charge in [-0.3, -0.25) is 0 Å². The zero-order valence-corrected chi connectivity index (χ0v) is 30.0. The first-order chi connectivity index (χ1) is 14.0. The summed E-state index contributed by atoms with van der Waals surface area (Å²) in [6.07, 6.45) is 9.47. The van der Waals surface area contributed by atoms with Crippen molar-refractivity contribution in [3.8, 4) is 0 Å². The Bertz CT molecular complexity index is 539. The van der Waals surface area contributed by atoms with Crippen molar-refractivity contribution in [2.75, 3.05) is 0 Å². The normalized spacial score (nSPS) is 15.1. The fourth-order valence-electron chi connectivity index (χ4n) is 4.12. The first-order valence-electron chi connectivity index (χ1n) is 12.5. The minimum absolute atomic E-state index is 0.959. The lowest BCUT2D eigenvalue weighted by Gasteiger charge is -2.38. The predicted molar refractivity (Wildman–Crippen MR) is 158 cm³/mol. The number of allylic oxidation sites excluding steroid dienone is 2. The van der Waals surface area contributed by atoms with Gasteiger partial charge in [0, 0.05) is 6.04 Å². The van der Waals surface area contributed by atoms with Gasteiger partial charge >= 0.3 is 17.1 Å². The standard InChI is InChI=1S/C22H56O4Si6/c1-27(2,3)23-31(13,24-28(4,5)6)21-19-17-15-16-18-20-22-32(14,25-29(7,8)9)26-30(10,11)12/h17,19H,15-16,18,20-22H2,1-14H3. The summed E-state index contributed by atoms with van der Waals surface area (Å²) in [5, 5.41) is 0. The zero-order chi connectivity index (χ0) is 25.5. The second-order valence-corrected chi connectivity index (χ2v) is 39.0. The topological polar surface area (TPSA) is 36.9 Å². The van der Waals surface area contributed by atoms with Crippen LogP contribution >= 0.6 is 0 Å². The van der Waals surface area contributed by atoms with Gasteiger partial charge in [-0.2, -0.15) is 0 Å². The maximum absolute atomic E-state index is 6.62. The number of unbranched alkanes of at least 4 members (excludes halogenated alkanes) is 3. The van der Waals surface area contributed by atoms with Gasteiger partial charge in [0.1, 0.15) is 0 Å². The van der Waals surface area contributed by atoms with Crippen molar-refractivity contribution in [2.45, 2.75) is 129 Å². The molecular formula is C22H56O4Si6. The first-order valence-corrected chi connectivity index (χ1v) is 31.2. The largest absolute Gasteiger partial charge is 0.437 e. The van der Waals surface area contributed by atoms with E-state index in [2.05, 4.69) is 104 Å². The number of rotatable bonds is 16. The fraction of sp³-hybridized carbons (Fsp3) is 0.909. The van der Waals surface area contributed by atoms with Crippen LogP contribution in [-0.2, 0) is 16.5 Å². The molecule has 0 saturated heterocycles. The van der Waals surface area contributed by atoms with Crippen molar-refractivity contribution in [1.82, 2.24) is 0 Å². The van der Waals surface area contributed by atoms with E-state index in [1.165, 1.54) is 19.3 Å². The van der Waals surface area contributed by atoms with Crippen LogP contribution in [0, 0.1) is 0 Å². The van der Waals surface area contributed by atoms with E-state index in [4.69, 9.17) is 16.5 Å². The Morgan fingerprint density at radius 1 is 0.438 bits per heavy atom. The highest BCUT2D eigenvalue weighted by molar-refractivity contribution is 6.88. The van der Waals surface area contributed by atoms with Crippen LogP contribution < -0.4 is 0 Å². The van der Waals surface area contributed by atoms with Crippen LogP contribution in [0.2, 0.25) is 104 Å². The Hall–Kier alpha value is 0.881. The molecule has 0 aromatic heterocycles. The van der Waals surface area contributed by atoms with E-state index < -0.39 is 50.4 Å². The minimum Gasteiger partial charge on any atom is -0.437 e. The summed E-state index contributed by atoms with van der Waals surface area (Å²) >= 11 is 0. The molecule has 0 bridgehead atoms. The van der Waals surface area contributed by atoms with E-state index in [-0.39, 0.29) is 0 Å². The van der Waals surface area contributed by atoms with Gasteiger partial charge in [0.15, 0.2) is 33.3 Å². The highest BCUT2D eigenvalue weighted by atomic mass is 28.5. The molecule has 0 aromatic carbocycles. The predicted octanol–water partition coefficient (Wildman–Crippen LogP) is 8.65. The van der Waals surface area contributed by atoms with Crippen molar-refractivity contribution in [3.63, 3.8) is 0 Å². The van der Waals surface area contributed by atoms with Gasteiger partial charge in [0.2, 0.25) is 0 Å². The molecule has 0 N–H and O–H groups in total. The SMILES string of the molecule is C[Si](C)(C)O[Si](C)(CC=CCCCCC[Si](C)(O[Si](C)(C)C)O[Si](C)(C)C)O[Si](C)(C)C. The van der Waals surface area contributed by atoms with Gasteiger partial charge in [0.05, 0.1) is 0 Å². The molecule has 192 valence electrons. The second kappa shape index (κ2) is 12.7. The fourth-order valence-corrected chi connectivity index (χ4v) is 28.9. The van der Waals surface area contributed by atoms with Crippen LogP contribution in [0.25, 0.3) is 0 Å². The monoisotopic (exact) mass is 552 g/mol. The summed E-state index contributed by atoms with van der Waals surface area (Å²) in [7, 11) is -10.7. The molecule has 0 aliphatic heterocycles. The molecule has 0 radical (unpaired) electrons. The Morgan fingerprint density at radius 3 is 1.19 bits per heavy atom. The van der Waals surface area contributed by atoms with E-state index >= 15 is 0 Å². The van der Waals surface area contributed by atoms with Gasteiger partial charge in [-0.25, -0.2) is 0 Å². The summed E-state index contributed by atoms with van der Waals surface area (Å²) in [4.78, 5) is 0. The van der Waals surface area contributed by atoms with Crippen molar-refractivity contribution >= 4 is 50.4 Å². The number of hydrogen-bond acceptors (Lipinski definition) is 4. The lowest BCUT2D eigenvalue weighted by Crippen LogP contribution is -2.52. The van der Waals surface area contributed by atoms with Crippen LogP contribution in [0.15, 0.2) is 12.2 Å². The maximum atomic E-state index is 6.62. The molecule has 0 aliphatic carbocycles. The van der Waals surface area contributed by atoms with E-state index in [9.17, 15) is 0 Å². The highest BCUT2D eigenvalue weighted by Gasteiger charge is 2.40. The molecule has 0 aliphatic rings. The molecular weight excluding hydrogens is 497 g/mol. The Kier molecular flexibility index (Phi) is 13.1. The zero-order valence-electron chi connectivity index (χ0n) is 24.0. The molecule has 10 heteroatoms. The van der Waals surface area contributed by atoms with Gasteiger partial charge in [0.25, 0.3) is 0 Å². The summed E-state index contributed by atoms with van der Waals surface area (Å²) in [6, 6.07) is 2.07. The van der Waals surface area contributed by atoms with Gasteiger partial charge in [-0.05, 0) is 111 Å². The van der Waals surface area contributed by atoms with Crippen molar-refractivity contribution in [3.05, 3.63) is 12.2 Å². The van der Waals surface area contributed by atoms with Crippen LogP contribution in [0.4, 0.5) is 0 Å². The third-order valence-electron chi connectivity index (χ3n) is 4.25. The van der Waals surface area contributed by atoms with Crippen molar-refractivity contribution in [1.29, 1.82) is 0 Å². The molecule has 0 unspecified atom stereocenters. The molecule has 0 fully saturated rings. The minimum atomic E-state index is -2.15. The third kappa shape index (κ3) is 19.2. The molecule has 4 nitrogen and oxygen atoms in total. The molecule has 0 spiro atoms. The molecule has 32 heavy (non-hydrogen) atoms. The average Bonchev–Trinajstić information content (AvgIpc) is 2.41. The summed E-state index contributed by atoms with van der Waals surface area (Å²) in [5.41, 5.74) is 0. The lowest BCUT2D eigenvalue weighted by atomic mass is 10.2. The third-order valence-corrected chi connectivity index (χ3v) is 23.2. The van der Waals surface area contributed by atoms with Crippen LogP contribution in [-0.4, -0.2) is 50.4 Å². The summed E-state index contributed by atoms with van der Waals surface area (Å²) in [5.74, 6) is 0. The van der Waals surface area contributed by atoms with E-state index in [0.29, 0.717) is 0 Å². The Morgan fingerprint density at radius 2 is 0.812 bits per heavy atom. The van der Waals surface area contributed by atoms with Gasteiger partial charge < -0.3 is 16.5 Å². The van der Waals surface area contributed by atoms with E-state index in [1.54, 1.807) is 0 Å². The molecule has 0 amide bonds. The van der Waals surface area contributed by atoms with Gasteiger partial charge in [-0.15, -0.1) is 0 Å². The summed E-state index contributed by atoms with van der Waals surface area (Å²) in [6.45, 7) is 31.9. The first kappa shape index (κ1) is 32.9.